The Morgan fingerprint density at radius 2 is 0.731 bits per heavy atom. The molecule has 2 nitrogen and oxygen atoms in total. The minimum absolute atomic E-state index is 0.918. The number of nitrogens with zero attached hydrogens (tertiary/aromatic N) is 1. The molecule has 52 heavy (non-hydrogen) atoms. The largest absolute Gasteiger partial charge is 0.455 e. The second kappa shape index (κ2) is 11.3. The Bertz CT molecular complexity index is 3050. The molecule has 2 heterocycles. The standard InChI is InChI=1S/C50H31NO/c1-3-17-42-40(15-1)48(33-26-24-32(25-27-33)36-19-11-20-44-39-14-7-10-23-47(39)52-50(36)44)41-16-2-4-18-43(41)49(42)34-28-30-35(31-29-34)51-45-21-8-5-12-37(45)38-13-6-9-22-46(38)51/h1-31H. The van der Waals surface area contributed by atoms with Gasteiger partial charge in [-0.1, -0.05) is 158 Å². The minimum atomic E-state index is 0.918. The fraction of sp³-hybridized carbons (Fsp3) is 0. The predicted octanol–water partition coefficient (Wildman–Crippen LogP) is 14.0. The van der Waals surface area contributed by atoms with Crippen molar-refractivity contribution in [3.8, 4) is 39.1 Å². The van der Waals surface area contributed by atoms with Gasteiger partial charge in [0.1, 0.15) is 11.2 Å². The minimum Gasteiger partial charge on any atom is -0.455 e. The lowest BCUT2D eigenvalue weighted by molar-refractivity contribution is 0.670. The van der Waals surface area contributed by atoms with Crippen molar-refractivity contribution in [2.24, 2.45) is 0 Å². The van der Waals surface area contributed by atoms with Crippen LogP contribution in [0.3, 0.4) is 0 Å². The van der Waals surface area contributed by atoms with E-state index in [4.69, 9.17) is 4.42 Å². The number of aromatic nitrogens is 1. The molecule has 2 aromatic heterocycles. The third-order valence-corrected chi connectivity index (χ3v) is 10.8. The number of para-hydroxylation sites is 4. The van der Waals surface area contributed by atoms with E-state index in [1.807, 2.05) is 12.1 Å². The molecule has 242 valence electrons. The van der Waals surface area contributed by atoms with Gasteiger partial charge in [0.05, 0.1) is 11.0 Å². The monoisotopic (exact) mass is 661 g/mol. The highest BCUT2D eigenvalue weighted by Crippen LogP contribution is 2.45. The summed E-state index contributed by atoms with van der Waals surface area (Å²) in [6, 6.07) is 68.0. The maximum absolute atomic E-state index is 6.39. The van der Waals surface area contributed by atoms with Crippen LogP contribution in [0.5, 0.6) is 0 Å². The van der Waals surface area contributed by atoms with Crippen LogP contribution in [-0.2, 0) is 0 Å². The number of rotatable bonds is 4. The summed E-state index contributed by atoms with van der Waals surface area (Å²) >= 11 is 0. The molecule has 0 saturated carbocycles. The lowest BCUT2D eigenvalue weighted by Gasteiger charge is -2.18. The van der Waals surface area contributed by atoms with E-state index in [1.54, 1.807) is 0 Å². The van der Waals surface area contributed by atoms with Crippen molar-refractivity contribution in [3.05, 3.63) is 188 Å². The van der Waals surface area contributed by atoms with Gasteiger partial charge >= 0.3 is 0 Å². The second-order valence-electron chi connectivity index (χ2n) is 13.6. The fourth-order valence-electron chi connectivity index (χ4n) is 8.52. The zero-order valence-corrected chi connectivity index (χ0v) is 28.3. The molecule has 0 amide bonds. The molecule has 0 fully saturated rings. The number of benzene rings is 9. The summed E-state index contributed by atoms with van der Waals surface area (Å²) in [7, 11) is 0. The summed E-state index contributed by atoms with van der Waals surface area (Å²) in [5.41, 5.74) is 12.6. The third kappa shape index (κ3) is 4.25. The van der Waals surface area contributed by atoms with Gasteiger partial charge < -0.3 is 8.98 Å². The summed E-state index contributed by atoms with van der Waals surface area (Å²) in [5, 5.41) is 9.82. The molecule has 0 aliphatic heterocycles. The van der Waals surface area contributed by atoms with Crippen molar-refractivity contribution in [1.29, 1.82) is 0 Å². The van der Waals surface area contributed by atoms with Crippen LogP contribution in [0, 0.1) is 0 Å². The molecular formula is C50H31NO. The first kappa shape index (κ1) is 28.9. The van der Waals surface area contributed by atoms with Crippen LogP contribution in [0.4, 0.5) is 0 Å². The molecule has 11 aromatic rings. The Morgan fingerprint density at radius 1 is 0.308 bits per heavy atom. The summed E-state index contributed by atoms with van der Waals surface area (Å²) in [5.74, 6) is 0. The van der Waals surface area contributed by atoms with Crippen LogP contribution in [0.2, 0.25) is 0 Å². The molecule has 0 aliphatic carbocycles. The summed E-state index contributed by atoms with van der Waals surface area (Å²) in [6.07, 6.45) is 0. The predicted molar refractivity (Wildman–Crippen MR) is 219 cm³/mol. The Labute approximate surface area is 300 Å². The van der Waals surface area contributed by atoms with Crippen molar-refractivity contribution < 1.29 is 4.42 Å². The van der Waals surface area contributed by atoms with Crippen molar-refractivity contribution in [1.82, 2.24) is 4.57 Å². The Hall–Kier alpha value is -6.90. The van der Waals surface area contributed by atoms with Crippen molar-refractivity contribution in [2.75, 3.05) is 0 Å². The van der Waals surface area contributed by atoms with Gasteiger partial charge in [0.15, 0.2) is 0 Å². The Kier molecular flexibility index (Phi) is 6.28. The van der Waals surface area contributed by atoms with Gasteiger partial charge in [-0.25, -0.2) is 0 Å². The molecule has 0 bridgehead atoms. The topological polar surface area (TPSA) is 18.1 Å². The average molecular weight is 662 g/mol. The Morgan fingerprint density at radius 3 is 1.29 bits per heavy atom. The lowest BCUT2D eigenvalue weighted by atomic mass is 9.85. The normalized spacial score (nSPS) is 11.8. The molecule has 9 aromatic carbocycles. The maximum Gasteiger partial charge on any atom is 0.143 e. The van der Waals surface area contributed by atoms with Gasteiger partial charge in [-0.3, -0.25) is 0 Å². The van der Waals surface area contributed by atoms with E-state index < -0.39 is 0 Å². The smallest absolute Gasteiger partial charge is 0.143 e. The number of hydrogen-bond donors (Lipinski definition) is 0. The van der Waals surface area contributed by atoms with Gasteiger partial charge in [0.25, 0.3) is 0 Å². The van der Waals surface area contributed by atoms with Gasteiger partial charge in [0.2, 0.25) is 0 Å². The molecule has 0 N–H and O–H groups in total. The van der Waals surface area contributed by atoms with Crippen LogP contribution >= 0.6 is 0 Å². The highest BCUT2D eigenvalue weighted by Gasteiger charge is 2.18. The molecule has 0 unspecified atom stereocenters. The molecule has 0 atom stereocenters. The van der Waals surface area contributed by atoms with Crippen LogP contribution < -0.4 is 0 Å². The highest BCUT2D eigenvalue weighted by molar-refractivity contribution is 6.21. The molecule has 11 rings (SSSR count). The zero-order chi connectivity index (χ0) is 34.2. The molecular weight excluding hydrogens is 631 g/mol. The van der Waals surface area contributed by atoms with Crippen molar-refractivity contribution in [2.45, 2.75) is 0 Å². The molecule has 0 spiro atoms. The lowest BCUT2D eigenvalue weighted by Crippen LogP contribution is -1.94. The zero-order valence-electron chi connectivity index (χ0n) is 28.3. The van der Waals surface area contributed by atoms with E-state index in [2.05, 4.69) is 180 Å². The second-order valence-corrected chi connectivity index (χ2v) is 13.6. The molecule has 0 aliphatic rings. The van der Waals surface area contributed by atoms with Gasteiger partial charge in [0, 0.05) is 32.8 Å². The van der Waals surface area contributed by atoms with E-state index in [0.717, 1.165) is 38.8 Å². The summed E-state index contributed by atoms with van der Waals surface area (Å²) in [6.45, 7) is 0. The van der Waals surface area contributed by atoms with Gasteiger partial charge in [-0.05, 0) is 79.7 Å². The van der Waals surface area contributed by atoms with Crippen molar-refractivity contribution in [3.63, 3.8) is 0 Å². The van der Waals surface area contributed by atoms with E-state index in [9.17, 15) is 0 Å². The van der Waals surface area contributed by atoms with Gasteiger partial charge in [-0.2, -0.15) is 0 Å². The number of fused-ring (bicyclic) bond motifs is 8. The van der Waals surface area contributed by atoms with Crippen molar-refractivity contribution >= 4 is 65.3 Å². The van der Waals surface area contributed by atoms with E-state index in [-0.39, 0.29) is 0 Å². The first-order valence-electron chi connectivity index (χ1n) is 17.9. The van der Waals surface area contributed by atoms with Crippen LogP contribution in [-0.4, -0.2) is 4.57 Å². The fourth-order valence-corrected chi connectivity index (χ4v) is 8.52. The van der Waals surface area contributed by atoms with Crippen LogP contribution in [0.1, 0.15) is 0 Å². The summed E-state index contributed by atoms with van der Waals surface area (Å²) in [4.78, 5) is 0. The van der Waals surface area contributed by atoms with Crippen LogP contribution in [0.15, 0.2) is 192 Å². The number of hydrogen-bond acceptors (Lipinski definition) is 1. The SMILES string of the molecule is c1ccc2c(c1)oc1c(-c3ccc(-c4c5ccccc5c(-c5ccc(-n6c7ccccc7c7ccccc76)cc5)c5ccccc45)cc3)cccc12. The quantitative estimate of drug-likeness (QED) is 0.172. The van der Waals surface area contributed by atoms with E-state index in [1.165, 1.54) is 65.6 Å². The van der Waals surface area contributed by atoms with Crippen LogP contribution in [0.25, 0.3) is 104 Å². The molecule has 2 heteroatoms. The third-order valence-electron chi connectivity index (χ3n) is 10.8. The number of furan rings is 1. The average Bonchev–Trinajstić information content (AvgIpc) is 3.76. The molecule has 0 saturated heterocycles. The summed E-state index contributed by atoms with van der Waals surface area (Å²) < 4.78 is 8.77. The highest BCUT2D eigenvalue weighted by atomic mass is 16.3. The Balaban J connectivity index is 1.06. The first-order valence-corrected chi connectivity index (χ1v) is 17.9. The van der Waals surface area contributed by atoms with E-state index >= 15 is 0 Å². The molecule has 0 radical (unpaired) electrons. The van der Waals surface area contributed by atoms with E-state index in [0.29, 0.717) is 0 Å². The van der Waals surface area contributed by atoms with Gasteiger partial charge in [-0.15, -0.1) is 0 Å². The first-order chi connectivity index (χ1) is 25.8. The maximum atomic E-state index is 6.39.